The Morgan fingerprint density at radius 3 is 2.76 bits per heavy atom. The number of nitrogens with zero attached hydrogens (tertiary/aromatic N) is 1. The van der Waals surface area contributed by atoms with Gasteiger partial charge in [-0.1, -0.05) is 0 Å². The van der Waals surface area contributed by atoms with Crippen molar-refractivity contribution in [1.82, 2.24) is 10.2 Å². The van der Waals surface area contributed by atoms with Crippen molar-refractivity contribution in [3.8, 4) is 0 Å². The molecule has 6 heteroatoms. The second-order valence-electron chi connectivity index (χ2n) is 6.96. The van der Waals surface area contributed by atoms with Crippen LogP contribution in [-0.2, 0) is 22.9 Å². The van der Waals surface area contributed by atoms with Crippen LogP contribution in [0.2, 0.25) is 0 Å². The molecule has 0 amide bonds. The lowest BCUT2D eigenvalue weighted by Gasteiger charge is -2.32. The predicted octanol–water partition coefficient (Wildman–Crippen LogP) is 1.79. The van der Waals surface area contributed by atoms with Gasteiger partial charge in [-0.2, -0.15) is 0 Å². The summed E-state index contributed by atoms with van der Waals surface area (Å²) in [7, 11) is -2.86. The Bertz CT molecular complexity index is 572. The number of furan rings is 1. The minimum atomic E-state index is -2.86. The van der Waals surface area contributed by atoms with Crippen LogP contribution in [-0.4, -0.2) is 42.9 Å². The van der Waals surface area contributed by atoms with Gasteiger partial charge in [0, 0.05) is 30.2 Å². The minimum Gasteiger partial charge on any atom is -0.468 e. The lowest BCUT2D eigenvalue weighted by atomic mass is 10.1. The maximum absolute atomic E-state index is 11.6. The summed E-state index contributed by atoms with van der Waals surface area (Å²) >= 11 is 0. The molecular formula is C15H26N2O3S. The fourth-order valence-corrected chi connectivity index (χ4v) is 4.06. The summed E-state index contributed by atoms with van der Waals surface area (Å²) in [6, 6.07) is 2.10. The van der Waals surface area contributed by atoms with Crippen LogP contribution in [0.25, 0.3) is 0 Å². The van der Waals surface area contributed by atoms with Gasteiger partial charge in [-0.25, -0.2) is 8.42 Å². The summed E-state index contributed by atoms with van der Waals surface area (Å²) in [6.07, 6.45) is 1.78. The lowest BCUT2D eigenvalue weighted by Crippen LogP contribution is -2.46. The standard InChI is InChI=1S/C15H26N2O3S/c1-12-11-21(18,19)6-5-17(12)9-14-7-13(10-20-14)8-16-15(2,3)4/h7,10,12,16H,5-6,8-9,11H2,1-4H3. The van der Waals surface area contributed by atoms with Gasteiger partial charge in [-0.05, 0) is 33.8 Å². The zero-order valence-electron chi connectivity index (χ0n) is 13.3. The van der Waals surface area contributed by atoms with E-state index in [0.717, 1.165) is 17.9 Å². The Labute approximate surface area is 127 Å². The van der Waals surface area contributed by atoms with Crippen molar-refractivity contribution < 1.29 is 12.8 Å². The molecule has 1 aromatic heterocycles. The Morgan fingerprint density at radius 1 is 1.43 bits per heavy atom. The maximum atomic E-state index is 11.6. The van der Waals surface area contributed by atoms with Gasteiger partial charge in [-0.3, -0.25) is 4.90 Å². The summed E-state index contributed by atoms with van der Waals surface area (Å²) in [5, 5.41) is 3.42. The fraction of sp³-hybridized carbons (Fsp3) is 0.733. The smallest absolute Gasteiger partial charge is 0.153 e. The highest BCUT2D eigenvalue weighted by atomic mass is 32.2. The van der Waals surface area contributed by atoms with Crippen molar-refractivity contribution in [2.75, 3.05) is 18.1 Å². The molecule has 1 aliphatic rings. The minimum absolute atomic E-state index is 0.0463. The highest BCUT2D eigenvalue weighted by Gasteiger charge is 2.28. The van der Waals surface area contributed by atoms with Gasteiger partial charge in [0.25, 0.3) is 0 Å². The van der Waals surface area contributed by atoms with Crippen LogP contribution >= 0.6 is 0 Å². The number of hydrogen-bond acceptors (Lipinski definition) is 5. The van der Waals surface area contributed by atoms with Gasteiger partial charge in [0.1, 0.15) is 5.76 Å². The zero-order valence-corrected chi connectivity index (χ0v) is 14.2. The van der Waals surface area contributed by atoms with E-state index >= 15 is 0 Å². The molecule has 0 saturated carbocycles. The van der Waals surface area contributed by atoms with Crippen LogP contribution in [0.3, 0.4) is 0 Å². The van der Waals surface area contributed by atoms with Crippen LogP contribution in [0.4, 0.5) is 0 Å². The van der Waals surface area contributed by atoms with E-state index in [9.17, 15) is 8.42 Å². The van der Waals surface area contributed by atoms with Crippen molar-refractivity contribution >= 4 is 9.84 Å². The van der Waals surface area contributed by atoms with Crippen molar-refractivity contribution in [2.24, 2.45) is 0 Å². The van der Waals surface area contributed by atoms with E-state index in [0.29, 0.717) is 13.1 Å². The third kappa shape index (κ3) is 5.13. The molecule has 2 rings (SSSR count). The topological polar surface area (TPSA) is 62.6 Å². The average molecular weight is 314 g/mol. The quantitative estimate of drug-likeness (QED) is 0.918. The molecule has 0 radical (unpaired) electrons. The molecule has 1 saturated heterocycles. The second kappa shape index (κ2) is 6.10. The Morgan fingerprint density at radius 2 is 2.14 bits per heavy atom. The van der Waals surface area contributed by atoms with Gasteiger partial charge in [0.15, 0.2) is 9.84 Å². The van der Waals surface area contributed by atoms with Crippen LogP contribution < -0.4 is 5.32 Å². The molecule has 1 unspecified atom stereocenters. The summed E-state index contributed by atoms with van der Waals surface area (Å²) in [6.45, 7) is 10.4. The van der Waals surface area contributed by atoms with Crippen LogP contribution in [0.1, 0.15) is 39.0 Å². The van der Waals surface area contributed by atoms with Crippen molar-refractivity contribution in [1.29, 1.82) is 0 Å². The predicted molar refractivity (Wildman–Crippen MR) is 83.8 cm³/mol. The molecule has 0 aromatic carbocycles. The van der Waals surface area contributed by atoms with Gasteiger partial charge in [0.05, 0.1) is 24.3 Å². The molecule has 0 bridgehead atoms. The molecule has 0 aliphatic carbocycles. The molecule has 21 heavy (non-hydrogen) atoms. The molecule has 2 heterocycles. The number of rotatable bonds is 4. The molecular weight excluding hydrogens is 288 g/mol. The number of sulfone groups is 1. The fourth-order valence-electron chi connectivity index (χ4n) is 2.44. The Kier molecular flexibility index (Phi) is 4.80. The van der Waals surface area contributed by atoms with E-state index in [-0.39, 0.29) is 23.1 Å². The first-order chi connectivity index (χ1) is 9.65. The van der Waals surface area contributed by atoms with E-state index in [1.165, 1.54) is 0 Å². The number of nitrogens with one attached hydrogen (secondary N) is 1. The SMILES string of the molecule is CC1CS(=O)(=O)CCN1Cc1cc(CNC(C)(C)C)co1. The zero-order chi connectivity index (χ0) is 15.7. The summed E-state index contributed by atoms with van der Waals surface area (Å²) in [5.74, 6) is 1.38. The highest BCUT2D eigenvalue weighted by Crippen LogP contribution is 2.17. The van der Waals surface area contributed by atoms with E-state index < -0.39 is 9.84 Å². The maximum Gasteiger partial charge on any atom is 0.153 e. The van der Waals surface area contributed by atoms with E-state index in [1.54, 1.807) is 6.26 Å². The summed E-state index contributed by atoms with van der Waals surface area (Å²) in [4.78, 5) is 2.17. The van der Waals surface area contributed by atoms with Crippen LogP contribution in [0, 0.1) is 0 Å². The van der Waals surface area contributed by atoms with Gasteiger partial charge in [-0.15, -0.1) is 0 Å². The number of hydrogen-bond donors (Lipinski definition) is 1. The van der Waals surface area contributed by atoms with Gasteiger partial charge >= 0.3 is 0 Å². The van der Waals surface area contributed by atoms with Crippen molar-refractivity contribution in [3.63, 3.8) is 0 Å². The molecule has 1 N–H and O–H groups in total. The lowest BCUT2D eigenvalue weighted by molar-refractivity contribution is 0.201. The second-order valence-corrected chi connectivity index (χ2v) is 9.19. The normalized spacial score (nSPS) is 23.3. The summed E-state index contributed by atoms with van der Waals surface area (Å²) < 4.78 is 28.8. The summed E-state index contributed by atoms with van der Waals surface area (Å²) in [5.41, 5.74) is 1.20. The third-order valence-corrected chi connectivity index (χ3v) is 5.49. The third-order valence-electron chi connectivity index (χ3n) is 3.70. The monoisotopic (exact) mass is 314 g/mol. The van der Waals surface area contributed by atoms with Crippen LogP contribution in [0.15, 0.2) is 16.7 Å². The Balaban J connectivity index is 1.91. The molecule has 1 atom stereocenters. The first-order valence-electron chi connectivity index (χ1n) is 7.40. The van der Waals surface area contributed by atoms with Gasteiger partial charge < -0.3 is 9.73 Å². The van der Waals surface area contributed by atoms with Crippen LogP contribution in [0.5, 0.6) is 0 Å². The van der Waals surface area contributed by atoms with Crippen molar-refractivity contribution in [3.05, 3.63) is 23.7 Å². The Hall–Kier alpha value is -0.850. The first-order valence-corrected chi connectivity index (χ1v) is 9.22. The van der Waals surface area contributed by atoms with E-state index in [1.807, 2.05) is 6.92 Å². The molecule has 120 valence electrons. The molecule has 0 spiro atoms. The molecule has 1 fully saturated rings. The van der Waals surface area contributed by atoms with E-state index in [4.69, 9.17) is 4.42 Å². The first kappa shape index (κ1) is 16.5. The van der Waals surface area contributed by atoms with Gasteiger partial charge in [0.2, 0.25) is 0 Å². The molecule has 1 aliphatic heterocycles. The average Bonchev–Trinajstić information content (AvgIpc) is 2.77. The molecule has 5 nitrogen and oxygen atoms in total. The highest BCUT2D eigenvalue weighted by molar-refractivity contribution is 7.91. The largest absolute Gasteiger partial charge is 0.468 e. The molecule has 1 aromatic rings. The van der Waals surface area contributed by atoms with E-state index in [2.05, 4.69) is 37.1 Å². The van der Waals surface area contributed by atoms with Crippen molar-refractivity contribution in [2.45, 2.75) is 52.4 Å².